The molecule has 1 aliphatic rings. The van der Waals surface area contributed by atoms with E-state index >= 15 is 0 Å². The Morgan fingerprint density at radius 1 is 1.23 bits per heavy atom. The van der Waals surface area contributed by atoms with Gasteiger partial charge in [-0.15, -0.1) is 0 Å². The Labute approximate surface area is 172 Å². The standard InChI is InChI=1S/C21H20FN3O5/c1-27-17-8-13(9-18(28-2)20(17)29-3)16(11-23)24-21(26)19-10-15(25-30-19)12-5-4-6-14(22)7-12/h4-9,16,19H,10H2,1-3H3,(H,24,26). The zero-order valence-corrected chi connectivity index (χ0v) is 16.6. The van der Waals surface area contributed by atoms with Gasteiger partial charge < -0.3 is 24.4 Å². The predicted octanol–water partition coefficient (Wildman–Crippen LogP) is 2.73. The van der Waals surface area contributed by atoms with Gasteiger partial charge in [-0.25, -0.2) is 4.39 Å². The Balaban J connectivity index is 1.74. The van der Waals surface area contributed by atoms with Crippen LogP contribution in [0.5, 0.6) is 17.2 Å². The maximum Gasteiger partial charge on any atom is 0.265 e. The number of hydrogen-bond acceptors (Lipinski definition) is 7. The summed E-state index contributed by atoms with van der Waals surface area (Å²) in [5.74, 6) is 0.157. The molecule has 2 atom stereocenters. The van der Waals surface area contributed by atoms with Crippen molar-refractivity contribution in [3.05, 3.63) is 53.3 Å². The number of hydrogen-bond donors (Lipinski definition) is 1. The van der Waals surface area contributed by atoms with E-state index in [4.69, 9.17) is 19.0 Å². The van der Waals surface area contributed by atoms with Crippen LogP contribution in [-0.2, 0) is 9.63 Å². The van der Waals surface area contributed by atoms with Gasteiger partial charge in [0, 0.05) is 12.0 Å². The number of nitriles is 1. The highest BCUT2D eigenvalue weighted by molar-refractivity contribution is 6.04. The Hall–Kier alpha value is -3.80. The number of amides is 1. The minimum Gasteiger partial charge on any atom is -0.493 e. The zero-order valence-electron chi connectivity index (χ0n) is 16.6. The van der Waals surface area contributed by atoms with E-state index in [-0.39, 0.29) is 6.42 Å². The Morgan fingerprint density at radius 3 is 2.50 bits per heavy atom. The van der Waals surface area contributed by atoms with Gasteiger partial charge in [-0.3, -0.25) is 4.79 Å². The first kappa shape index (κ1) is 20.9. The number of carbonyl (C=O) groups excluding carboxylic acids is 1. The normalized spacial score (nSPS) is 16.0. The molecular formula is C21H20FN3O5. The van der Waals surface area contributed by atoms with Crippen LogP contribution in [0.2, 0.25) is 0 Å². The number of halogens is 1. The molecule has 0 spiro atoms. The lowest BCUT2D eigenvalue weighted by Crippen LogP contribution is -2.37. The van der Waals surface area contributed by atoms with Crippen molar-refractivity contribution in [1.29, 1.82) is 5.26 Å². The smallest absolute Gasteiger partial charge is 0.265 e. The number of nitrogens with one attached hydrogen (secondary N) is 1. The highest BCUT2D eigenvalue weighted by Gasteiger charge is 2.31. The molecule has 0 saturated heterocycles. The maximum atomic E-state index is 13.4. The zero-order chi connectivity index (χ0) is 21.7. The molecule has 0 bridgehead atoms. The Bertz CT molecular complexity index is 993. The van der Waals surface area contributed by atoms with Crippen LogP contribution in [0.3, 0.4) is 0 Å². The van der Waals surface area contributed by atoms with Crippen LogP contribution in [0.15, 0.2) is 41.6 Å². The number of carbonyl (C=O) groups is 1. The van der Waals surface area contributed by atoms with Gasteiger partial charge >= 0.3 is 0 Å². The molecule has 1 amide bonds. The molecule has 0 aliphatic carbocycles. The number of methoxy groups -OCH3 is 3. The molecular weight excluding hydrogens is 393 g/mol. The topological polar surface area (TPSA) is 102 Å². The van der Waals surface area contributed by atoms with Gasteiger partial charge in [-0.05, 0) is 29.8 Å². The molecule has 9 heteroatoms. The minimum absolute atomic E-state index is 0.155. The van der Waals surface area contributed by atoms with E-state index in [0.29, 0.717) is 34.1 Å². The molecule has 1 aliphatic heterocycles. The van der Waals surface area contributed by atoms with Gasteiger partial charge in [0.2, 0.25) is 11.9 Å². The number of benzene rings is 2. The number of oxime groups is 1. The summed E-state index contributed by atoms with van der Waals surface area (Å²) in [6.45, 7) is 0. The fraction of sp³-hybridized carbons (Fsp3) is 0.286. The highest BCUT2D eigenvalue weighted by Crippen LogP contribution is 2.39. The molecule has 30 heavy (non-hydrogen) atoms. The minimum atomic E-state index is -0.993. The van der Waals surface area contributed by atoms with Gasteiger partial charge in [0.1, 0.15) is 11.9 Å². The quantitative estimate of drug-likeness (QED) is 0.749. The molecule has 0 fully saturated rings. The number of rotatable bonds is 7. The summed E-state index contributed by atoms with van der Waals surface area (Å²) in [7, 11) is 4.38. The SMILES string of the molecule is COc1cc(C(C#N)NC(=O)C2CC(c3cccc(F)c3)=NO2)cc(OC)c1OC. The van der Waals surface area contributed by atoms with Crippen LogP contribution >= 0.6 is 0 Å². The van der Waals surface area contributed by atoms with Crippen LogP contribution in [0, 0.1) is 17.1 Å². The van der Waals surface area contributed by atoms with E-state index in [1.54, 1.807) is 24.3 Å². The summed E-state index contributed by atoms with van der Waals surface area (Å²) < 4.78 is 29.3. The van der Waals surface area contributed by atoms with Crippen molar-refractivity contribution in [2.75, 3.05) is 21.3 Å². The predicted molar refractivity (Wildman–Crippen MR) is 105 cm³/mol. The molecule has 0 saturated carbocycles. The van der Waals surface area contributed by atoms with Crippen molar-refractivity contribution >= 4 is 11.6 Å². The fourth-order valence-corrected chi connectivity index (χ4v) is 3.05. The van der Waals surface area contributed by atoms with Gasteiger partial charge in [-0.1, -0.05) is 17.3 Å². The first-order valence-corrected chi connectivity index (χ1v) is 8.99. The first-order valence-electron chi connectivity index (χ1n) is 8.99. The average Bonchev–Trinajstić information content (AvgIpc) is 3.26. The Morgan fingerprint density at radius 2 is 1.93 bits per heavy atom. The lowest BCUT2D eigenvalue weighted by atomic mass is 10.0. The molecule has 2 aromatic rings. The third kappa shape index (κ3) is 4.27. The fourth-order valence-electron chi connectivity index (χ4n) is 3.05. The Kier molecular flexibility index (Phi) is 6.37. The molecule has 2 unspecified atom stereocenters. The van der Waals surface area contributed by atoms with Crippen molar-refractivity contribution in [1.82, 2.24) is 5.32 Å². The van der Waals surface area contributed by atoms with Gasteiger partial charge in [0.15, 0.2) is 11.5 Å². The molecule has 1 N–H and O–H groups in total. The van der Waals surface area contributed by atoms with E-state index in [1.807, 2.05) is 6.07 Å². The maximum absolute atomic E-state index is 13.4. The lowest BCUT2D eigenvalue weighted by molar-refractivity contribution is -0.131. The summed E-state index contributed by atoms with van der Waals surface area (Å²) in [5.41, 5.74) is 1.44. The molecule has 2 aromatic carbocycles. The van der Waals surface area contributed by atoms with E-state index in [0.717, 1.165) is 0 Å². The lowest BCUT2D eigenvalue weighted by Gasteiger charge is -2.18. The largest absolute Gasteiger partial charge is 0.493 e. The van der Waals surface area contributed by atoms with Gasteiger partial charge in [0.25, 0.3) is 5.91 Å². The molecule has 156 valence electrons. The van der Waals surface area contributed by atoms with E-state index < -0.39 is 23.9 Å². The monoisotopic (exact) mass is 413 g/mol. The molecule has 3 rings (SSSR count). The third-order valence-corrected chi connectivity index (χ3v) is 4.56. The van der Waals surface area contributed by atoms with Crippen molar-refractivity contribution in [2.24, 2.45) is 5.16 Å². The second-order valence-electron chi connectivity index (χ2n) is 6.38. The van der Waals surface area contributed by atoms with Crippen LogP contribution < -0.4 is 19.5 Å². The number of nitrogens with zero attached hydrogens (tertiary/aromatic N) is 2. The second-order valence-corrected chi connectivity index (χ2v) is 6.38. The third-order valence-electron chi connectivity index (χ3n) is 4.56. The van der Waals surface area contributed by atoms with Crippen molar-refractivity contribution in [3.63, 3.8) is 0 Å². The van der Waals surface area contributed by atoms with E-state index in [9.17, 15) is 14.4 Å². The molecule has 0 radical (unpaired) electrons. The molecule has 1 heterocycles. The van der Waals surface area contributed by atoms with Crippen molar-refractivity contribution in [2.45, 2.75) is 18.6 Å². The summed E-state index contributed by atoms with van der Waals surface area (Å²) in [6, 6.07) is 10.1. The summed E-state index contributed by atoms with van der Waals surface area (Å²) in [4.78, 5) is 17.8. The second kappa shape index (κ2) is 9.13. The van der Waals surface area contributed by atoms with Gasteiger partial charge in [-0.2, -0.15) is 5.26 Å². The van der Waals surface area contributed by atoms with Crippen LogP contribution in [-0.4, -0.2) is 39.1 Å². The molecule has 8 nitrogen and oxygen atoms in total. The first-order chi connectivity index (χ1) is 14.5. The van der Waals surface area contributed by atoms with Crippen molar-refractivity contribution < 1.29 is 28.2 Å². The summed E-state index contributed by atoms with van der Waals surface area (Å²) >= 11 is 0. The van der Waals surface area contributed by atoms with Crippen LogP contribution in [0.25, 0.3) is 0 Å². The van der Waals surface area contributed by atoms with Crippen LogP contribution in [0.4, 0.5) is 4.39 Å². The van der Waals surface area contributed by atoms with Gasteiger partial charge in [0.05, 0.1) is 33.1 Å². The van der Waals surface area contributed by atoms with E-state index in [2.05, 4.69) is 10.5 Å². The summed E-state index contributed by atoms with van der Waals surface area (Å²) in [6.07, 6.45) is -0.774. The van der Waals surface area contributed by atoms with E-state index in [1.165, 1.54) is 33.5 Å². The van der Waals surface area contributed by atoms with Crippen LogP contribution in [0.1, 0.15) is 23.6 Å². The average molecular weight is 413 g/mol. The molecule has 0 aromatic heterocycles. The summed E-state index contributed by atoms with van der Waals surface area (Å²) in [5, 5.41) is 16.1. The highest BCUT2D eigenvalue weighted by atomic mass is 19.1. The number of ether oxygens (including phenoxy) is 3. The van der Waals surface area contributed by atoms with Crippen molar-refractivity contribution in [3.8, 4) is 23.3 Å².